The molecule has 0 spiro atoms. The molecule has 28 heavy (non-hydrogen) atoms. The lowest BCUT2D eigenvalue weighted by molar-refractivity contribution is -0.135. The van der Waals surface area contributed by atoms with Crippen LogP contribution in [0.25, 0.3) is 0 Å². The lowest BCUT2D eigenvalue weighted by Gasteiger charge is -2.35. The summed E-state index contributed by atoms with van der Waals surface area (Å²) in [5, 5.41) is 13.8. The Morgan fingerprint density at radius 3 is 2.61 bits per heavy atom. The van der Waals surface area contributed by atoms with E-state index in [2.05, 4.69) is 30.8 Å². The number of hydrogen-bond donors (Lipinski definition) is 3. The minimum atomic E-state index is 0.0136. The van der Waals surface area contributed by atoms with Crippen molar-refractivity contribution < 1.29 is 4.79 Å². The van der Waals surface area contributed by atoms with E-state index < -0.39 is 0 Å². The Kier molecular flexibility index (Phi) is 5.57. The summed E-state index contributed by atoms with van der Waals surface area (Å²) in [5.41, 5.74) is 2.04. The molecule has 4 heterocycles. The van der Waals surface area contributed by atoms with Crippen molar-refractivity contribution in [2.24, 2.45) is 0 Å². The fraction of sp³-hybridized carbons (Fsp3) is 0.600. The Morgan fingerprint density at radius 2 is 1.93 bits per heavy atom. The van der Waals surface area contributed by atoms with Gasteiger partial charge < -0.3 is 15.5 Å². The Hall–Kier alpha value is -2.48. The first-order valence-corrected chi connectivity index (χ1v) is 10.3. The molecular weight excluding hydrogens is 354 g/mol. The van der Waals surface area contributed by atoms with Gasteiger partial charge in [0.25, 0.3) is 0 Å². The van der Waals surface area contributed by atoms with Crippen molar-refractivity contribution in [2.45, 2.75) is 57.9 Å². The lowest BCUT2D eigenvalue weighted by Crippen LogP contribution is -2.50. The highest BCUT2D eigenvalue weighted by molar-refractivity contribution is 5.82. The number of nitrogens with zero attached hydrogens (tertiary/aromatic N) is 4. The fourth-order valence-corrected chi connectivity index (χ4v) is 4.16. The highest BCUT2D eigenvalue weighted by Crippen LogP contribution is 2.29. The number of aromatic amines is 1. The summed E-state index contributed by atoms with van der Waals surface area (Å²) in [5.74, 6) is 2.89. The van der Waals surface area contributed by atoms with E-state index in [-0.39, 0.29) is 11.9 Å². The maximum absolute atomic E-state index is 12.7. The number of nitrogens with one attached hydrogen (secondary N) is 3. The van der Waals surface area contributed by atoms with Gasteiger partial charge in [0.1, 0.15) is 11.6 Å². The number of carbonyl (C=O) groups excluding carboxylic acids is 1. The minimum Gasteiger partial charge on any atom is -0.341 e. The van der Waals surface area contributed by atoms with Gasteiger partial charge in [-0.25, -0.2) is 9.97 Å². The molecule has 2 aliphatic heterocycles. The number of aromatic nitrogens is 4. The molecule has 2 aliphatic rings. The second-order valence-electron chi connectivity index (χ2n) is 7.89. The molecule has 0 radical (unpaired) electrons. The van der Waals surface area contributed by atoms with Crippen molar-refractivity contribution in [3.63, 3.8) is 0 Å². The Labute approximate surface area is 165 Å². The number of aryl methyl sites for hydroxylation is 2. The number of piperidine rings is 2. The van der Waals surface area contributed by atoms with E-state index >= 15 is 0 Å². The number of rotatable bonds is 4. The standard InChI is InChI=1S/C20H29N7O/c1-13-11-19(26-25-13)24-18-12-17(22-14(2)23-18)15-6-9-27(10-7-15)20(28)16-5-3-4-8-21-16/h11-12,15-16,21H,3-10H2,1-2H3,(H2,22,23,24,25,26). The fourth-order valence-electron chi connectivity index (χ4n) is 4.16. The average Bonchev–Trinajstić information content (AvgIpc) is 3.12. The van der Waals surface area contributed by atoms with Crippen molar-refractivity contribution in [1.82, 2.24) is 30.4 Å². The number of carbonyl (C=O) groups is 1. The van der Waals surface area contributed by atoms with Gasteiger partial charge in [-0.1, -0.05) is 6.42 Å². The van der Waals surface area contributed by atoms with Crippen LogP contribution in [0.3, 0.4) is 0 Å². The maximum Gasteiger partial charge on any atom is 0.239 e. The SMILES string of the molecule is Cc1nc(Nc2cc(C)[nH]n2)cc(C2CCN(C(=O)C3CCCCN3)CC2)n1. The van der Waals surface area contributed by atoms with Crippen molar-refractivity contribution >= 4 is 17.5 Å². The first-order valence-electron chi connectivity index (χ1n) is 10.3. The summed E-state index contributed by atoms with van der Waals surface area (Å²) in [6.45, 7) is 6.43. The summed E-state index contributed by atoms with van der Waals surface area (Å²) in [6.07, 6.45) is 5.16. The zero-order valence-corrected chi connectivity index (χ0v) is 16.7. The number of likely N-dealkylation sites (tertiary alicyclic amines) is 1. The van der Waals surface area contributed by atoms with Crippen LogP contribution in [0.1, 0.15) is 55.2 Å². The summed E-state index contributed by atoms with van der Waals surface area (Å²) in [4.78, 5) is 23.9. The van der Waals surface area contributed by atoms with Crippen LogP contribution in [0.15, 0.2) is 12.1 Å². The van der Waals surface area contributed by atoms with Crippen molar-refractivity contribution in [3.05, 3.63) is 29.3 Å². The molecule has 0 aromatic carbocycles. The monoisotopic (exact) mass is 383 g/mol. The molecule has 8 nitrogen and oxygen atoms in total. The summed E-state index contributed by atoms with van der Waals surface area (Å²) < 4.78 is 0. The molecular formula is C20H29N7O. The zero-order chi connectivity index (χ0) is 19.5. The summed E-state index contributed by atoms with van der Waals surface area (Å²) in [6, 6.07) is 3.97. The van der Waals surface area contributed by atoms with E-state index in [0.29, 0.717) is 5.92 Å². The predicted molar refractivity (Wildman–Crippen MR) is 108 cm³/mol. The molecule has 2 aromatic rings. The van der Waals surface area contributed by atoms with E-state index in [1.165, 1.54) is 6.42 Å². The first kappa shape index (κ1) is 18.9. The number of anilines is 2. The predicted octanol–water partition coefficient (Wildman–Crippen LogP) is 2.41. The third-order valence-corrected chi connectivity index (χ3v) is 5.65. The molecule has 150 valence electrons. The molecule has 2 fully saturated rings. The van der Waals surface area contributed by atoms with Gasteiger partial charge in [0.15, 0.2) is 5.82 Å². The number of amides is 1. The third kappa shape index (κ3) is 4.32. The molecule has 3 N–H and O–H groups in total. The summed E-state index contributed by atoms with van der Waals surface area (Å²) in [7, 11) is 0. The van der Waals surface area contributed by atoms with Gasteiger partial charge in [-0.15, -0.1) is 0 Å². The lowest BCUT2D eigenvalue weighted by atomic mass is 9.92. The topological polar surface area (TPSA) is 98.8 Å². The Morgan fingerprint density at radius 1 is 1.11 bits per heavy atom. The van der Waals surface area contributed by atoms with E-state index in [1.807, 2.05) is 30.9 Å². The third-order valence-electron chi connectivity index (χ3n) is 5.65. The molecule has 1 atom stereocenters. The van der Waals surface area contributed by atoms with Crippen molar-refractivity contribution in [1.29, 1.82) is 0 Å². The highest BCUT2D eigenvalue weighted by Gasteiger charge is 2.30. The molecule has 8 heteroatoms. The van der Waals surface area contributed by atoms with E-state index in [4.69, 9.17) is 0 Å². The molecule has 0 saturated carbocycles. The Balaban J connectivity index is 1.39. The molecule has 2 saturated heterocycles. The van der Waals surface area contributed by atoms with E-state index in [9.17, 15) is 4.79 Å². The largest absolute Gasteiger partial charge is 0.341 e. The van der Waals surface area contributed by atoms with Crippen molar-refractivity contribution in [2.75, 3.05) is 25.0 Å². The summed E-state index contributed by atoms with van der Waals surface area (Å²) >= 11 is 0. The van der Waals surface area contributed by atoms with E-state index in [0.717, 1.165) is 74.2 Å². The van der Waals surface area contributed by atoms with E-state index in [1.54, 1.807) is 0 Å². The molecule has 4 rings (SSSR count). The highest BCUT2D eigenvalue weighted by atomic mass is 16.2. The van der Waals surface area contributed by atoms with Crippen LogP contribution >= 0.6 is 0 Å². The zero-order valence-electron chi connectivity index (χ0n) is 16.7. The van der Waals surface area contributed by atoms with Crippen LogP contribution in [0.5, 0.6) is 0 Å². The second kappa shape index (κ2) is 8.26. The smallest absolute Gasteiger partial charge is 0.239 e. The van der Waals surface area contributed by atoms with Crippen LogP contribution in [0.2, 0.25) is 0 Å². The molecule has 0 bridgehead atoms. The minimum absolute atomic E-state index is 0.0136. The van der Waals surface area contributed by atoms with Crippen LogP contribution in [-0.4, -0.2) is 56.6 Å². The van der Waals surface area contributed by atoms with Gasteiger partial charge in [0.05, 0.1) is 6.04 Å². The normalized spacial score (nSPS) is 20.9. The van der Waals surface area contributed by atoms with Gasteiger partial charge in [0, 0.05) is 42.5 Å². The van der Waals surface area contributed by atoms with Crippen LogP contribution in [0, 0.1) is 13.8 Å². The quantitative estimate of drug-likeness (QED) is 0.750. The van der Waals surface area contributed by atoms with Gasteiger partial charge in [0.2, 0.25) is 5.91 Å². The second-order valence-corrected chi connectivity index (χ2v) is 7.89. The molecule has 1 amide bonds. The Bertz CT molecular complexity index is 820. The number of H-pyrrole nitrogens is 1. The first-order chi connectivity index (χ1) is 13.6. The van der Waals surface area contributed by atoms with Gasteiger partial charge in [-0.3, -0.25) is 9.89 Å². The molecule has 0 aliphatic carbocycles. The van der Waals surface area contributed by atoms with Gasteiger partial charge in [-0.05, 0) is 46.1 Å². The average molecular weight is 384 g/mol. The van der Waals surface area contributed by atoms with Crippen LogP contribution in [-0.2, 0) is 4.79 Å². The number of hydrogen-bond acceptors (Lipinski definition) is 6. The van der Waals surface area contributed by atoms with Crippen LogP contribution < -0.4 is 10.6 Å². The van der Waals surface area contributed by atoms with Gasteiger partial charge in [-0.2, -0.15) is 5.10 Å². The maximum atomic E-state index is 12.7. The van der Waals surface area contributed by atoms with Crippen molar-refractivity contribution in [3.8, 4) is 0 Å². The van der Waals surface area contributed by atoms with Gasteiger partial charge >= 0.3 is 0 Å². The van der Waals surface area contributed by atoms with Crippen LogP contribution in [0.4, 0.5) is 11.6 Å². The molecule has 1 unspecified atom stereocenters. The molecule has 2 aromatic heterocycles.